The molecule has 6 atom stereocenters. The number of carboxylic acid groups (broad SMARTS) is 1. The lowest BCUT2D eigenvalue weighted by atomic mass is 9.49. The Labute approximate surface area is 338 Å². The first kappa shape index (κ1) is 37.4. The molecule has 12 nitrogen and oxygen atoms in total. The number of rotatable bonds is 9. The topological polar surface area (TPSA) is 174 Å². The van der Waals surface area contributed by atoms with Crippen LogP contribution in [0.4, 0.5) is 11.4 Å². The number of hydrogen-bond acceptors (Lipinski definition) is 9. The van der Waals surface area contributed by atoms with Crippen molar-refractivity contribution in [1.29, 1.82) is 0 Å². The van der Waals surface area contributed by atoms with E-state index in [1.54, 1.807) is 48.5 Å². The molecular weight excluding hydrogens is 751 g/mol. The van der Waals surface area contributed by atoms with Crippen molar-refractivity contribution in [3.8, 4) is 17.2 Å². The Morgan fingerprint density at radius 1 is 0.797 bits per heavy atom. The number of phenolic OH excluding ortho intramolecular Hbond substituents is 1. The summed E-state index contributed by atoms with van der Waals surface area (Å²) in [5.74, 6) is -8.44. The van der Waals surface area contributed by atoms with E-state index in [1.165, 1.54) is 12.1 Å². The number of carbonyl (C=O) groups is 5. The molecule has 4 aliphatic rings. The predicted octanol–water partition coefficient (Wildman–Crippen LogP) is 6.87. The molecule has 5 aromatic carbocycles. The largest absolute Gasteiger partial charge is 0.508 e. The number of carboxylic acids is 1. The van der Waals surface area contributed by atoms with Gasteiger partial charge >= 0.3 is 5.97 Å². The molecule has 1 saturated carbocycles. The van der Waals surface area contributed by atoms with Gasteiger partial charge in [0.2, 0.25) is 11.8 Å². The van der Waals surface area contributed by atoms with Crippen molar-refractivity contribution in [1.82, 2.24) is 5.01 Å². The normalized spacial score (nSPS) is 24.6. The van der Waals surface area contributed by atoms with Crippen molar-refractivity contribution < 1.29 is 44.0 Å². The molecule has 0 bridgehead atoms. The number of nitrogens with one attached hydrogen (secondary N) is 1. The van der Waals surface area contributed by atoms with Crippen LogP contribution in [-0.2, 0) is 31.2 Å². The average Bonchev–Trinajstić information content (AvgIpc) is 3.62. The molecule has 4 N–H and O–H groups in total. The Morgan fingerprint density at radius 2 is 1.51 bits per heavy atom. The third-order valence-electron chi connectivity index (χ3n) is 12.4. The number of aromatic carboxylic acids is 1. The van der Waals surface area contributed by atoms with E-state index in [-0.39, 0.29) is 36.4 Å². The summed E-state index contributed by atoms with van der Waals surface area (Å²) in [7, 11) is 0. The second kappa shape index (κ2) is 14.3. The van der Waals surface area contributed by atoms with Gasteiger partial charge in [-0.3, -0.25) is 24.6 Å². The smallest absolute Gasteiger partial charge is 0.339 e. The SMILES string of the molecule is Cc1ccc(NN2C(=O)C3CC4C(=CCC5C(=O)N(c6ccc(C(=O)O)c(O)c6)C(=O)C54)C(c4ccc(OCc5ccccc5)cc4O)C3(c3ccccc3)C2=O)cc1. The first-order chi connectivity index (χ1) is 28.5. The van der Waals surface area contributed by atoms with E-state index in [1.807, 2.05) is 61.5 Å². The molecule has 4 amide bonds. The third-order valence-corrected chi connectivity index (χ3v) is 12.4. The van der Waals surface area contributed by atoms with E-state index in [4.69, 9.17) is 4.74 Å². The number of hydrazine groups is 1. The van der Waals surface area contributed by atoms with Gasteiger partial charge < -0.3 is 20.1 Å². The predicted molar refractivity (Wildman–Crippen MR) is 215 cm³/mol. The van der Waals surface area contributed by atoms with E-state index in [0.717, 1.165) is 33.2 Å². The highest BCUT2D eigenvalue weighted by Gasteiger charge is 2.70. The standard InChI is InChI=1S/C47H39N3O9/c1-26-12-14-29(15-13-26)48-50-43(54)37-24-36-32(20-21-35-40(36)44(55)49(42(35)53)30-16-18-34(45(56)57)38(51)22-30)41(47(37,46(50)58)28-10-6-3-7-11-28)33-19-17-31(23-39(33)52)59-25-27-8-4-2-5-9-27/h2-20,22-23,35-37,40-41,48,51-52H,21,24-25H2,1H3,(H,56,57). The highest BCUT2D eigenvalue weighted by atomic mass is 16.5. The van der Waals surface area contributed by atoms with Crippen LogP contribution in [0.3, 0.4) is 0 Å². The Bertz CT molecular complexity index is 2580. The average molecular weight is 790 g/mol. The molecule has 12 heteroatoms. The maximum Gasteiger partial charge on any atom is 0.339 e. The van der Waals surface area contributed by atoms with Gasteiger partial charge in [0.15, 0.2) is 0 Å². The molecule has 5 aromatic rings. The number of amides is 4. The summed E-state index contributed by atoms with van der Waals surface area (Å²) in [4.78, 5) is 71.8. The molecule has 6 unspecified atom stereocenters. The summed E-state index contributed by atoms with van der Waals surface area (Å²) >= 11 is 0. The molecule has 9 rings (SSSR count). The second-order valence-electron chi connectivity index (χ2n) is 15.6. The van der Waals surface area contributed by atoms with E-state index >= 15 is 4.79 Å². The van der Waals surface area contributed by atoms with Crippen molar-refractivity contribution in [2.75, 3.05) is 10.3 Å². The lowest BCUT2D eigenvalue weighted by Gasteiger charge is -2.50. The maximum atomic E-state index is 15.4. The Kier molecular flexibility index (Phi) is 9.07. The summed E-state index contributed by atoms with van der Waals surface area (Å²) < 4.78 is 6.06. The molecule has 0 radical (unpaired) electrons. The molecule has 296 valence electrons. The van der Waals surface area contributed by atoms with Crippen molar-refractivity contribution in [3.63, 3.8) is 0 Å². The fraction of sp³-hybridized carbons (Fsp3) is 0.213. The van der Waals surface area contributed by atoms with E-state index in [0.29, 0.717) is 28.1 Å². The van der Waals surface area contributed by atoms with E-state index in [2.05, 4.69) is 5.43 Å². The van der Waals surface area contributed by atoms with Gasteiger partial charge in [-0.25, -0.2) is 9.69 Å². The van der Waals surface area contributed by atoms with E-state index in [9.17, 15) is 34.5 Å². The quantitative estimate of drug-likeness (QED) is 0.0912. The number of ether oxygens (including phenoxy) is 1. The highest BCUT2D eigenvalue weighted by molar-refractivity contribution is 6.23. The lowest BCUT2D eigenvalue weighted by molar-refractivity contribution is -0.138. The molecule has 2 saturated heterocycles. The van der Waals surface area contributed by atoms with Crippen LogP contribution in [0.2, 0.25) is 0 Å². The van der Waals surface area contributed by atoms with Gasteiger partial charge in [-0.2, -0.15) is 5.01 Å². The molecule has 59 heavy (non-hydrogen) atoms. The summed E-state index contributed by atoms with van der Waals surface area (Å²) in [6, 6.07) is 34.3. The van der Waals surface area contributed by atoms with Gasteiger partial charge in [-0.15, -0.1) is 0 Å². The monoisotopic (exact) mass is 789 g/mol. The van der Waals surface area contributed by atoms with Gasteiger partial charge in [-0.05, 0) is 67.1 Å². The van der Waals surface area contributed by atoms with Gasteiger partial charge in [-0.1, -0.05) is 96.1 Å². The molecule has 3 fully saturated rings. The van der Waals surface area contributed by atoms with Crippen LogP contribution in [0, 0.1) is 30.6 Å². The van der Waals surface area contributed by atoms with Gasteiger partial charge in [0.25, 0.3) is 11.8 Å². The number of anilines is 2. The Hall–Kier alpha value is -7.21. The van der Waals surface area contributed by atoms with Crippen molar-refractivity contribution in [2.45, 2.75) is 37.7 Å². The fourth-order valence-electron chi connectivity index (χ4n) is 9.78. The van der Waals surface area contributed by atoms with Crippen molar-refractivity contribution in [3.05, 3.63) is 161 Å². The van der Waals surface area contributed by atoms with Crippen LogP contribution in [0.5, 0.6) is 17.2 Å². The number of nitrogens with zero attached hydrogens (tertiary/aromatic N) is 2. The van der Waals surface area contributed by atoms with Crippen LogP contribution in [-0.4, -0.2) is 49.9 Å². The molecule has 2 aliphatic heterocycles. The summed E-state index contributed by atoms with van der Waals surface area (Å²) in [5, 5.41) is 33.1. The number of aromatic hydroxyl groups is 2. The number of aryl methyl sites for hydroxylation is 1. The van der Waals surface area contributed by atoms with Gasteiger partial charge in [0.05, 0.1) is 34.5 Å². The molecule has 2 aliphatic carbocycles. The first-order valence-electron chi connectivity index (χ1n) is 19.4. The lowest BCUT2D eigenvalue weighted by Crippen LogP contribution is -2.53. The zero-order valence-electron chi connectivity index (χ0n) is 31.8. The number of benzene rings is 5. The van der Waals surface area contributed by atoms with Crippen LogP contribution >= 0.6 is 0 Å². The number of allylic oxidation sites excluding steroid dienone is 2. The fourth-order valence-corrected chi connectivity index (χ4v) is 9.78. The zero-order chi connectivity index (χ0) is 41.2. The van der Waals surface area contributed by atoms with Crippen molar-refractivity contribution in [2.24, 2.45) is 23.7 Å². The Balaban J connectivity index is 1.18. The first-order valence-corrected chi connectivity index (χ1v) is 19.4. The van der Waals surface area contributed by atoms with Crippen LogP contribution < -0.4 is 15.1 Å². The summed E-state index contributed by atoms with van der Waals surface area (Å²) in [6.45, 7) is 2.17. The van der Waals surface area contributed by atoms with Crippen LogP contribution in [0.15, 0.2) is 133 Å². The highest BCUT2D eigenvalue weighted by Crippen LogP contribution is 2.65. The van der Waals surface area contributed by atoms with Gasteiger partial charge in [0.1, 0.15) is 29.4 Å². The molecular formula is C47H39N3O9. The third kappa shape index (κ3) is 5.93. The summed E-state index contributed by atoms with van der Waals surface area (Å²) in [6.07, 6.45) is 2.03. The Morgan fingerprint density at radius 3 is 2.19 bits per heavy atom. The minimum absolute atomic E-state index is 0.0220. The van der Waals surface area contributed by atoms with Crippen molar-refractivity contribution >= 4 is 41.0 Å². The van der Waals surface area contributed by atoms with Crippen LogP contribution in [0.25, 0.3) is 0 Å². The maximum absolute atomic E-state index is 15.4. The molecule has 2 heterocycles. The number of imide groups is 2. The number of phenols is 2. The van der Waals surface area contributed by atoms with Crippen LogP contribution in [0.1, 0.15) is 51.4 Å². The zero-order valence-corrected chi connectivity index (χ0v) is 31.8. The molecule has 0 spiro atoms. The minimum atomic E-state index is -1.60. The number of carbonyl (C=O) groups excluding carboxylic acids is 4. The van der Waals surface area contributed by atoms with E-state index < -0.39 is 70.4 Å². The second-order valence-corrected chi connectivity index (χ2v) is 15.6. The summed E-state index contributed by atoms with van der Waals surface area (Å²) in [5.41, 5.74) is 5.08. The molecule has 0 aromatic heterocycles. The van der Waals surface area contributed by atoms with Gasteiger partial charge in [0, 0.05) is 23.6 Å². The number of fused-ring (bicyclic) bond motifs is 4. The number of hydrogen-bond donors (Lipinski definition) is 4. The minimum Gasteiger partial charge on any atom is -0.508 e.